The molecule has 0 radical (unpaired) electrons. The molecule has 20 heavy (non-hydrogen) atoms. The average molecular weight is 323 g/mol. The van der Waals surface area contributed by atoms with Gasteiger partial charge in [0.1, 0.15) is 0 Å². The first-order valence-corrected chi connectivity index (χ1v) is 6.43. The first-order valence-electron chi connectivity index (χ1n) is 6.43. The van der Waals surface area contributed by atoms with Crippen molar-refractivity contribution < 1.29 is 9.90 Å². The first kappa shape index (κ1) is 21.5. The average Bonchev–Trinajstić information content (AvgIpc) is 2.39. The Labute approximate surface area is 133 Å². The highest BCUT2D eigenvalue weighted by molar-refractivity contribution is 5.89. The third-order valence-electron chi connectivity index (χ3n) is 3.06. The predicted octanol–water partition coefficient (Wildman–Crippen LogP) is 2.66. The van der Waals surface area contributed by atoms with Gasteiger partial charge in [-0.15, -0.1) is 24.8 Å². The standard InChI is InChI=1S/C14H22N2O2.2ClH/c1-3-16(4-2)10-9-15-11-12-7-5-6-8-13(12)14(17)18;;/h5-8,15H,3-4,9-11H2,1-2H3,(H,17,18);2*1H. The van der Waals surface area contributed by atoms with Crippen molar-refractivity contribution in [3.63, 3.8) is 0 Å². The van der Waals surface area contributed by atoms with Crippen LogP contribution in [-0.2, 0) is 6.54 Å². The molecular weight excluding hydrogens is 299 g/mol. The molecule has 0 aliphatic heterocycles. The van der Waals surface area contributed by atoms with Gasteiger partial charge in [0.15, 0.2) is 0 Å². The minimum atomic E-state index is -0.865. The van der Waals surface area contributed by atoms with Crippen LogP contribution in [0, 0.1) is 0 Å². The van der Waals surface area contributed by atoms with Gasteiger partial charge in [0.25, 0.3) is 0 Å². The Kier molecular flexibility index (Phi) is 12.9. The van der Waals surface area contributed by atoms with Gasteiger partial charge in [-0.25, -0.2) is 4.79 Å². The Bertz CT molecular complexity index is 385. The Morgan fingerprint density at radius 2 is 1.80 bits per heavy atom. The number of hydrogen-bond donors (Lipinski definition) is 2. The van der Waals surface area contributed by atoms with Gasteiger partial charge >= 0.3 is 5.97 Å². The van der Waals surface area contributed by atoms with E-state index in [1.165, 1.54) is 0 Å². The van der Waals surface area contributed by atoms with Crippen LogP contribution in [0.15, 0.2) is 24.3 Å². The van der Waals surface area contributed by atoms with Crippen molar-refractivity contribution in [3.8, 4) is 0 Å². The minimum Gasteiger partial charge on any atom is -0.478 e. The van der Waals surface area contributed by atoms with Crippen molar-refractivity contribution in [2.45, 2.75) is 20.4 Å². The summed E-state index contributed by atoms with van der Waals surface area (Å²) in [6, 6.07) is 7.12. The number of carboxylic acid groups (broad SMARTS) is 1. The third kappa shape index (κ3) is 7.10. The second kappa shape index (κ2) is 12.0. The molecule has 0 fully saturated rings. The van der Waals surface area contributed by atoms with E-state index in [1.54, 1.807) is 12.1 Å². The van der Waals surface area contributed by atoms with Crippen molar-refractivity contribution in [2.75, 3.05) is 26.2 Å². The fraction of sp³-hybridized carbons (Fsp3) is 0.500. The summed E-state index contributed by atoms with van der Waals surface area (Å²) in [5.74, 6) is -0.865. The quantitative estimate of drug-likeness (QED) is 0.722. The number of aromatic carboxylic acids is 1. The summed E-state index contributed by atoms with van der Waals surface area (Å²) in [5.41, 5.74) is 1.22. The summed E-state index contributed by atoms with van der Waals surface area (Å²) in [4.78, 5) is 13.3. The van der Waals surface area contributed by atoms with Gasteiger partial charge in [-0.2, -0.15) is 0 Å². The van der Waals surface area contributed by atoms with E-state index in [9.17, 15) is 4.79 Å². The van der Waals surface area contributed by atoms with Gasteiger partial charge in [0, 0.05) is 19.6 Å². The molecule has 0 atom stereocenters. The SMILES string of the molecule is CCN(CC)CCNCc1ccccc1C(=O)O.Cl.Cl. The number of carbonyl (C=O) groups is 1. The van der Waals surface area contributed by atoms with Crippen molar-refractivity contribution in [1.29, 1.82) is 0 Å². The lowest BCUT2D eigenvalue weighted by Gasteiger charge is -2.18. The van der Waals surface area contributed by atoms with Crippen LogP contribution in [0.4, 0.5) is 0 Å². The monoisotopic (exact) mass is 322 g/mol. The number of likely N-dealkylation sites (N-methyl/N-ethyl adjacent to an activating group) is 1. The number of nitrogens with one attached hydrogen (secondary N) is 1. The van der Waals surface area contributed by atoms with E-state index in [-0.39, 0.29) is 24.8 Å². The smallest absolute Gasteiger partial charge is 0.336 e. The largest absolute Gasteiger partial charge is 0.478 e. The Morgan fingerprint density at radius 3 is 2.35 bits per heavy atom. The molecule has 1 aromatic carbocycles. The second-order valence-corrected chi connectivity index (χ2v) is 4.17. The normalized spacial score (nSPS) is 9.75. The molecule has 4 nitrogen and oxygen atoms in total. The molecular formula is C14H24Cl2N2O2. The van der Waals surface area contributed by atoms with Crippen LogP contribution in [0.25, 0.3) is 0 Å². The molecule has 0 aliphatic rings. The maximum absolute atomic E-state index is 11.0. The lowest BCUT2D eigenvalue weighted by Crippen LogP contribution is -2.31. The van der Waals surface area contributed by atoms with Crippen molar-refractivity contribution >= 4 is 30.8 Å². The second-order valence-electron chi connectivity index (χ2n) is 4.17. The lowest BCUT2D eigenvalue weighted by molar-refractivity contribution is 0.0695. The molecule has 0 bridgehead atoms. The van der Waals surface area contributed by atoms with Crippen LogP contribution in [0.1, 0.15) is 29.8 Å². The van der Waals surface area contributed by atoms with E-state index in [4.69, 9.17) is 5.11 Å². The summed E-state index contributed by atoms with van der Waals surface area (Å²) in [6.45, 7) is 8.84. The number of hydrogen-bond acceptors (Lipinski definition) is 3. The summed E-state index contributed by atoms with van der Waals surface area (Å²) in [7, 11) is 0. The Balaban J connectivity index is 0. The van der Waals surface area contributed by atoms with Crippen LogP contribution in [0.2, 0.25) is 0 Å². The van der Waals surface area contributed by atoms with E-state index < -0.39 is 5.97 Å². The van der Waals surface area contributed by atoms with E-state index in [1.807, 2.05) is 12.1 Å². The molecule has 0 aromatic heterocycles. The fourth-order valence-corrected chi connectivity index (χ4v) is 1.88. The summed E-state index contributed by atoms with van der Waals surface area (Å²) in [6.07, 6.45) is 0. The Morgan fingerprint density at radius 1 is 1.20 bits per heavy atom. The van der Waals surface area contributed by atoms with Gasteiger partial charge in [-0.05, 0) is 24.7 Å². The van der Waals surface area contributed by atoms with E-state index in [0.29, 0.717) is 12.1 Å². The molecule has 0 unspecified atom stereocenters. The Hall–Kier alpha value is -0.810. The predicted molar refractivity (Wildman–Crippen MR) is 87.4 cm³/mol. The van der Waals surface area contributed by atoms with Gasteiger partial charge in [-0.1, -0.05) is 32.0 Å². The highest BCUT2D eigenvalue weighted by Gasteiger charge is 2.08. The molecule has 0 spiro atoms. The van der Waals surface area contributed by atoms with Crippen molar-refractivity contribution in [1.82, 2.24) is 10.2 Å². The van der Waals surface area contributed by atoms with Crippen LogP contribution in [0.5, 0.6) is 0 Å². The van der Waals surface area contributed by atoms with Gasteiger partial charge in [0.05, 0.1) is 5.56 Å². The molecule has 0 saturated carbocycles. The van der Waals surface area contributed by atoms with E-state index in [0.717, 1.165) is 31.7 Å². The number of carboxylic acids is 1. The molecule has 1 rings (SSSR count). The third-order valence-corrected chi connectivity index (χ3v) is 3.06. The highest BCUT2D eigenvalue weighted by Crippen LogP contribution is 2.08. The van der Waals surface area contributed by atoms with Gasteiger partial charge in [0.2, 0.25) is 0 Å². The summed E-state index contributed by atoms with van der Waals surface area (Å²) >= 11 is 0. The maximum atomic E-state index is 11.0. The number of rotatable bonds is 8. The van der Waals surface area contributed by atoms with Crippen LogP contribution >= 0.6 is 24.8 Å². The first-order chi connectivity index (χ1) is 8.69. The van der Waals surface area contributed by atoms with E-state index in [2.05, 4.69) is 24.1 Å². The zero-order chi connectivity index (χ0) is 13.4. The summed E-state index contributed by atoms with van der Waals surface area (Å²) in [5, 5.41) is 12.3. The van der Waals surface area contributed by atoms with Crippen molar-refractivity contribution in [3.05, 3.63) is 35.4 Å². The molecule has 1 aromatic rings. The number of nitrogens with zero attached hydrogens (tertiary/aromatic N) is 1. The molecule has 0 amide bonds. The zero-order valence-electron chi connectivity index (χ0n) is 12.0. The molecule has 0 heterocycles. The van der Waals surface area contributed by atoms with Gasteiger partial charge in [-0.3, -0.25) is 0 Å². The molecule has 0 aliphatic carbocycles. The van der Waals surface area contributed by atoms with Gasteiger partial charge < -0.3 is 15.3 Å². The maximum Gasteiger partial charge on any atom is 0.336 e. The molecule has 2 N–H and O–H groups in total. The van der Waals surface area contributed by atoms with E-state index >= 15 is 0 Å². The van der Waals surface area contributed by atoms with Crippen LogP contribution < -0.4 is 5.32 Å². The lowest BCUT2D eigenvalue weighted by atomic mass is 10.1. The molecule has 0 saturated heterocycles. The molecule has 6 heteroatoms. The van der Waals surface area contributed by atoms with Crippen molar-refractivity contribution in [2.24, 2.45) is 0 Å². The topological polar surface area (TPSA) is 52.6 Å². The fourth-order valence-electron chi connectivity index (χ4n) is 1.88. The van der Waals surface area contributed by atoms with Crippen LogP contribution in [0.3, 0.4) is 0 Å². The van der Waals surface area contributed by atoms with Crippen LogP contribution in [-0.4, -0.2) is 42.2 Å². The minimum absolute atomic E-state index is 0. The number of benzene rings is 1. The summed E-state index contributed by atoms with van der Waals surface area (Å²) < 4.78 is 0. The number of halogens is 2. The highest BCUT2D eigenvalue weighted by atomic mass is 35.5. The molecule has 116 valence electrons. The zero-order valence-corrected chi connectivity index (χ0v) is 13.6.